The van der Waals surface area contributed by atoms with E-state index in [1.54, 1.807) is 32.8 Å². The molecule has 1 aliphatic heterocycles. The summed E-state index contributed by atoms with van der Waals surface area (Å²) in [7, 11) is 0. The van der Waals surface area contributed by atoms with Gasteiger partial charge in [-0.3, -0.25) is 9.59 Å². The van der Waals surface area contributed by atoms with E-state index in [4.69, 9.17) is 5.11 Å². The van der Waals surface area contributed by atoms with Crippen LogP contribution >= 0.6 is 0 Å². The Labute approximate surface area is 184 Å². The largest absolute Gasteiger partial charge is 0.480 e. The Balaban J connectivity index is 1.60. The van der Waals surface area contributed by atoms with E-state index in [1.165, 1.54) is 0 Å². The van der Waals surface area contributed by atoms with Crippen LogP contribution in [0.5, 0.6) is 0 Å². The van der Waals surface area contributed by atoms with Crippen LogP contribution in [0.15, 0.2) is 67.0 Å². The molecule has 0 spiro atoms. The molecule has 0 radical (unpaired) electrons. The number of carbonyl (C=O) groups is 3. The summed E-state index contributed by atoms with van der Waals surface area (Å²) < 4.78 is 1.71. The second-order valence-corrected chi connectivity index (χ2v) is 7.57. The van der Waals surface area contributed by atoms with Crippen molar-refractivity contribution in [3.8, 4) is 5.69 Å². The highest BCUT2D eigenvalue weighted by atomic mass is 16.4. The van der Waals surface area contributed by atoms with E-state index in [2.05, 4.69) is 10.4 Å². The number of rotatable bonds is 4. The predicted octanol–water partition coefficient (Wildman–Crippen LogP) is 2.52. The van der Waals surface area contributed by atoms with Gasteiger partial charge >= 0.3 is 12.0 Å². The molecule has 32 heavy (non-hydrogen) atoms. The highest BCUT2D eigenvalue weighted by molar-refractivity contribution is 6.06. The van der Waals surface area contributed by atoms with Gasteiger partial charge in [-0.2, -0.15) is 5.10 Å². The van der Waals surface area contributed by atoms with Crippen LogP contribution in [0, 0.1) is 0 Å². The Kier molecular flexibility index (Phi) is 5.89. The van der Waals surface area contributed by atoms with Crippen LogP contribution < -0.4 is 10.2 Å². The van der Waals surface area contributed by atoms with Gasteiger partial charge in [0.1, 0.15) is 6.54 Å². The quantitative estimate of drug-likeness (QED) is 0.657. The molecule has 164 valence electrons. The normalized spacial score (nSPS) is 15.6. The number of fused-ring (bicyclic) bond motifs is 1. The Morgan fingerprint density at radius 3 is 2.53 bits per heavy atom. The van der Waals surface area contributed by atoms with Gasteiger partial charge in [0.2, 0.25) is 0 Å². The molecule has 0 saturated carbocycles. The molecule has 2 aromatic carbocycles. The fourth-order valence-electron chi connectivity index (χ4n) is 3.76. The highest BCUT2D eigenvalue weighted by Crippen LogP contribution is 2.29. The van der Waals surface area contributed by atoms with E-state index < -0.39 is 18.5 Å². The molecule has 0 saturated heterocycles. The summed E-state index contributed by atoms with van der Waals surface area (Å²) in [5, 5.41) is 15.5. The number of carboxylic acid groups (broad SMARTS) is 1. The van der Waals surface area contributed by atoms with Crippen molar-refractivity contribution in [2.45, 2.75) is 19.5 Å². The average Bonchev–Trinajstić information content (AvgIpc) is 3.29. The van der Waals surface area contributed by atoms with E-state index >= 15 is 0 Å². The zero-order chi connectivity index (χ0) is 22.7. The van der Waals surface area contributed by atoms with Gasteiger partial charge < -0.3 is 20.2 Å². The van der Waals surface area contributed by atoms with Crippen LogP contribution in [0.1, 0.15) is 22.8 Å². The summed E-state index contributed by atoms with van der Waals surface area (Å²) in [4.78, 5) is 40.1. The minimum absolute atomic E-state index is 0.177. The number of carboxylic acids is 1. The number of aromatic nitrogens is 2. The number of amides is 3. The van der Waals surface area contributed by atoms with E-state index in [0.29, 0.717) is 5.56 Å². The van der Waals surface area contributed by atoms with Crippen LogP contribution in [0.4, 0.5) is 10.5 Å². The number of hydrogen-bond acceptors (Lipinski definition) is 4. The molecule has 0 bridgehead atoms. The Morgan fingerprint density at radius 1 is 1.09 bits per heavy atom. The number of nitrogens with one attached hydrogen (secondary N) is 1. The smallest absolute Gasteiger partial charge is 0.323 e. The minimum atomic E-state index is -1.11. The molecule has 0 unspecified atom stereocenters. The molecule has 3 aromatic rings. The molecule has 1 atom stereocenters. The van der Waals surface area contributed by atoms with Gasteiger partial charge in [0.15, 0.2) is 0 Å². The maximum Gasteiger partial charge on any atom is 0.323 e. The monoisotopic (exact) mass is 433 g/mol. The zero-order valence-corrected chi connectivity index (χ0v) is 17.5. The van der Waals surface area contributed by atoms with Crippen molar-refractivity contribution < 1.29 is 19.5 Å². The van der Waals surface area contributed by atoms with Crippen LogP contribution in [-0.2, 0) is 11.3 Å². The van der Waals surface area contributed by atoms with E-state index in [1.807, 2.05) is 55.6 Å². The summed E-state index contributed by atoms with van der Waals surface area (Å²) in [6.45, 7) is 1.92. The molecule has 0 fully saturated rings. The third-order valence-corrected chi connectivity index (χ3v) is 5.38. The molecule has 0 aliphatic carbocycles. The van der Waals surface area contributed by atoms with Gasteiger partial charge in [0, 0.05) is 42.8 Å². The van der Waals surface area contributed by atoms with E-state index in [9.17, 15) is 14.4 Å². The molecule has 1 aromatic heterocycles. The number of anilines is 1. The number of carbonyl (C=O) groups excluding carboxylic acids is 2. The Bertz CT molecular complexity index is 1130. The van der Waals surface area contributed by atoms with E-state index in [-0.39, 0.29) is 25.0 Å². The minimum Gasteiger partial charge on any atom is -0.480 e. The van der Waals surface area contributed by atoms with Crippen LogP contribution in [-0.4, -0.2) is 56.8 Å². The van der Waals surface area contributed by atoms with Crippen LogP contribution in [0.3, 0.4) is 0 Å². The first kappa shape index (κ1) is 21.1. The zero-order valence-electron chi connectivity index (χ0n) is 17.5. The number of hydrogen-bond donors (Lipinski definition) is 2. The summed E-state index contributed by atoms with van der Waals surface area (Å²) in [5.41, 5.74) is 2.90. The molecular formula is C23H23N5O4. The maximum atomic E-state index is 13.5. The fourth-order valence-corrected chi connectivity index (χ4v) is 3.76. The SMILES string of the molecule is C[C@@H]1CN(C(=O)c2ccc(-n3cccn3)cc2)c2ccccc2CN1C(=O)NCC(=O)O. The van der Waals surface area contributed by atoms with Crippen molar-refractivity contribution in [1.82, 2.24) is 20.0 Å². The lowest BCUT2D eigenvalue weighted by atomic mass is 10.1. The average molecular weight is 433 g/mol. The van der Waals surface area contributed by atoms with Crippen molar-refractivity contribution in [1.29, 1.82) is 0 Å². The number of para-hydroxylation sites is 1. The van der Waals surface area contributed by atoms with Crippen molar-refractivity contribution >= 4 is 23.6 Å². The van der Waals surface area contributed by atoms with Crippen LogP contribution in [0.25, 0.3) is 5.69 Å². The lowest BCUT2D eigenvalue weighted by Crippen LogP contribution is -2.49. The Hall–Kier alpha value is -4.14. The first-order valence-corrected chi connectivity index (χ1v) is 10.2. The van der Waals surface area contributed by atoms with Gasteiger partial charge in [0.05, 0.1) is 5.69 Å². The number of nitrogens with zero attached hydrogens (tertiary/aromatic N) is 4. The molecule has 9 heteroatoms. The first-order chi connectivity index (χ1) is 15.4. The number of urea groups is 1. The fraction of sp³-hybridized carbons (Fsp3) is 0.217. The van der Waals surface area contributed by atoms with Gasteiger partial charge in [-0.25, -0.2) is 9.48 Å². The lowest BCUT2D eigenvalue weighted by Gasteiger charge is -2.29. The van der Waals surface area contributed by atoms with Gasteiger partial charge in [0.25, 0.3) is 5.91 Å². The van der Waals surface area contributed by atoms with E-state index in [0.717, 1.165) is 16.9 Å². The van der Waals surface area contributed by atoms with Crippen molar-refractivity contribution in [2.75, 3.05) is 18.0 Å². The van der Waals surface area contributed by atoms with Gasteiger partial charge in [-0.05, 0) is 48.9 Å². The number of aliphatic carboxylic acids is 1. The second-order valence-electron chi connectivity index (χ2n) is 7.57. The van der Waals surface area contributed by atoms with Gasteiger partial charge in [-0.1, -0.05) is 18.2 Å². The topological polar surface area (TPSA) is 108 Å². The molecule has 9 nitrogen and oxygen atoms in total. The lowest BCUT2D eigenvalue weighted by molar-refractivity contribution is -0.135. The molecular weight excluding hydrogens is 410 g/mol. The molecule has 2 heterocycles. The number of benzene rings is 2. The Morgan fingerprint density at radius 2 is 1.84 bits per heavy atom. The van der Waals surface area contributed by atoms with Crippen molar-refractivity contribution in [2.24, 2.45) is 0 Å². The standard InChI is InChI=1S/C23H23N5O4/c1-16-14-27(22(31)17-7-9-19(10-8-17)28-12-4-11-25-28)20-6-3-2-5-18(20)15-26(16)23(32)24-13-21(29)30/h2-12,16H,13-15H2,1H3,(H,24,32)(H,29,30)/t16-/m1/s1. The van der Waals surface area contributed by atoms with Crippen molar-refractivity contribution in [3.63, 3.8) is 0 Å². The second kappa shape index (κ2) is 8.93. The molecule has 2 N–H and O–H groups in total. The predicted molar refractivity (Wildman–Crippen MR) is 118 cm³/mol. The molecule has 1 aliphatic rings. The van der Waals surface area contributed by atoms with Gasteiger partial charge in [-0.15, -0.1) is 0 Å². The third-order valence-electron chi connectivity index (χ3n) is 5.38. The molecule has 3 amide bonds. The van der Waals surface area contributed by atoms with Crippen LogP contribution in [0.2, 0.25) is 0 Å². The summed E-state index contributed by atoms with van der Waals surface area (Å²) >= 11 is 0. The summed E-state index contributed by atoms with van der Waals surface area (Å²) in [6.07, 6.45) is 3.51. The molecule has 4 rings (SSSR count). The van der Waals surface area contributed by atoms with Crippen molar-refractivity contribution in [3.05, 3.63) is 78.1 Å². The first-order valence-electron chi connectivity index (χ1n) is 10.2. The maximum absolute atomic E-state index is 13.5. The summed E-state index contributed by atoms with van der Waals surface area (Å²) in [6, 6.07) is 15.6. The third kappa shape index (κ3) is 4.31. The highest BCUT2D eigenvalue weighted by Gasteiger charge is 2.31. The summed E-state index contributed by atoms with van der Waals surface area (Å²) in [5.74, 6) is -1.29.